The molecule has 0 heterocycles. The van der Waals surface area contributed by atoms with Crippen molar-refractivity contribution in [1.29, 1.82) is 0 Å². The van der Waals surface area contributed by atoms with E-state index in [0.29, 0.717) is 24.3 Å². The second-order valence-corrected chi connectivity index (χ2v) is 11.7. The second kappa shape index (κ2) is 14.5. The summed E-state index contributed by atoms with van der Waals surface area (Å²) in [5.74, 6) is 0.0342. The molecule has 7 heteroatoms. The lowest BCUT2D eigenvalue weighted by Crippen LogP contribution is -2.53. The fraction of sp³-hybridized carbons (Fsp3) is 0.355. The molecule has 0 radical (unpaired) electrons. The average Bonchev–Trinajstić information content (AvgIpc) is 2.93. The molecule has 4 rings (SSSR count). The van der Waals surface area contributed by atoms with Gasteiger partial charge in [0.05, 0.1) is 5.75 Å². The fourth-order valence-electron chi connectivity index (χ4n) is 4.88. The Morgan fingerprint density at radius 1 is 0.947 bits per heavy atom. The molecule has 1 saturated carbocycles. The summed E-state index contributed by atoms with van der Waals surface area (Å²) in [7, 11) is 0. The molecule has 1 N–H and O–H groups in total. The Balaban J connectivity index is 1.57. The van der Waals surface area contributed by atoms with Crippen LogP contribution in [0.4, 0.5) is 4.39 Å². The standard InChI is InChI=1S/C31H34BrFN2O2S/c32-26-14-9-12-24(18-26)20-35(30(36)22-38-21-25-13-7-8-17-28(25)33)29(19-23-10-3-1-4-11-23)31(37)34-27-15-5-2-6-16-27/h1,3-4,7-14,17-18,27,29H,2,5-6,15-16,19-22H2,(H,34,37)/t29-/m0/s1. The van der Waals surface area contributed by atoms with Crippen LogP contribution in [0, 0.1) is 5.82 Å². The number of halogens is 2. The molecule has 4 nitrogen and oxygen atoms in total. The van der Waals surface area contributed by atoms with E-state index in [1.165, 1.54) is 24.2 Å². The molecule has 0 aliphatic heterocycles. The highest BCUT2D eigenvalue weighted by atomic mass is 79.9. The van der Waals surface area contributed by atoms with Crippen LogP contribution in [-0.4, -0.2) is 34.6 Å². The van der Waals surface area contributed by atoms with Gasteiger partial charge < -0.3 is 10.2 Å². The van der Waals surface area contributed by atoms with Gasteiger partial charge in [0.2, 0.25) is 11.8 Å². The average molecular weight is 598 g/mol. The van der Waals surface area contributed by atoms with Crippen molar-refractivity contribution in [2.45, 2.75) is 62.9 Å². The lowest BCUT2D eigenvalue weighted by atomic mass is 9.94. The summed E-state index contributed by atoms with van der Waals surface area (Å²) in [5.41, 5.74) is 2.51. The Bertz CT molecular complexity index is 1200. The minimum atomic E-state index is -0.653. The van der Waals surface area contributed by atoms with Gasteiger partial charge in [0.15, 0.2) is 0 Å². The largest absolute Gasteiger partial charge is 0.352 e. The van der Waals surface area contributed by atoms with Gasteiger partial charge in [-0.2, -0.15) is 0 Å². The third-order valence-electron chi connectivity index (χ3n) is 6.91. The number of nitrogens with zero attached hydrogens (tertiary/aromatic N) is 1. The summed E-state index contributed by atoms with van der Waals surface area (Å²) < 4.78 is 15.0. The molecule has 1 fully saturated rings. The van der Waals surface area contributed by atoms with E-state index < -0.39 is 6.04 Å². The van der Waals surface area contributed by atoms with Gasteiger partial charge in [-0.15, -0.1) is 11.8 Å². The molecule has 2 amide bonds. The normalized spacial score (nSPS) is 14.6. The number of hydrogen-bond donors (Lipinski definition) is 1. The van der Waals surface area contributed by atoms with Gasteiger partial charge in [-0.1, -0.05) is 95.9 Å². The number of benzene rings is 3. The zero-order valence-corrected chi connectivity index (χ0v) is 23.9. The van der Waals surface area contributed by atoms with Crippen LogP contribution in [0.15, 0.2) is 83.3 Å². The number of nitrogens with one attached hydrogen (secondary N) is 1. The number of thioether (sulfide) groups is 1. The highest BCUT2D eigenvalue weighted by Crippen LogP contribution is 2.22. The first-order valence-corrected chi connectivity index (χ1v) is 15.1. The summed E-state index contributed by atoms with van der Waals surface area (Å²) in [6.07, 6.45) is 5.80. The van der Waals surface area contributed by atoms with Crippen molar-refractivity contribution < 1.29 is 14.0 Å². The molecule has 38 heavy (non-hydrogen) atoms. The second-order valence-electron chi connectivity index (χ2n) is 9.78. The SMILES string of the molecule is O=C(NC1CCCCC1)[C@H](Cc1ccccc1)N(Cc1cccc(Br)c1)C(=O)CSCc1ccccc1F. The predicted molar refractivity (Wildman–Crippen MR) is 156 cm³/mol. The van der Waals surface area contributed by atoms with Crippen LogP contribution in [0.5, 0.6) is 0 Å². The number of carbonyl (C=O) groups is 2. The van der Waals surface area contributed by atoms with Gasteiger partial charge in [0.1, 0.15) is 11.9 Å². The zero-order chi connectivity index (χ0) is 26.7. The van der Waals surface area contributed by atoms with E-state index in [4.69, 9.17) is 0 Å². The quantitative estimate of drug-likeness (QED) is 0.261. The number of rotatable bonds is 11. The molecule has 0 aromatic heterocycles. The Labute approximate surface area is 237 Å². The Kier molecular flexibility index (Phi) is 10.8. The minimum absolute atomic E-state index is 0.108. The van der Waals surface area contributed by atoms with E-state index in [9.17, 15) is 14.0 Å². The van der Waals surface area contributed by atoms with Crippen molar-refractivity contribution in [3.63, 3.8) is 0 Å². The Hall–Kier alpha value is -2.64. The minimum Gasteiger partial charge on any atom is -0.352 e. The van der Waals surface area contributed by atoms with Crippen LogP contribution in [0.2, 0.25) is 0 Å². The maximum Gasteiger partial charge on any atom is 0.243 e. The fourth-order valence-corrected chi connectivity index (χ4v) is 6.22. The van der Waals surface area contributed by atoms with E-state index in [1.54, 1.807) is 23.1 Å². The van der Waals surface area contributed by atoms with Gasteiger partial charge >= 0.3 is 0 Å². The van der Waals surface area contributed by atoms with E-state index in [1.807, 2.05) is 54.6 Å². The summed E-state index contributed by atoms with van der Waals surface area (Å²) >= 11 is 4.90. The van der Waals surface area contributed by atoms with E-state index >= 15 is 0 Å². The molecular formula is C31H34BrFN2O2S. The van der Waals surface area contributed by atoms with Gasteiger partial charge in [0.25, 0.3) is 0 Å². The number of carbonyl (C=O) groups excluding carboxylic acids is 2. The van der Waals surface area contributed by atoms with Crippen molar-refractivity contribution in [3.8, 4) is 0 Å². The maximum absolute atomic E-state index is 14.1. The zero-order valence-electron chi connectivity index (χ0n) is 21.5. The molecule has 200 valence electrons. The van der Waals surface area contributed by atoms with Crippen LogP contribution >= 0.6 is 27.7 Å². The highest BCUT2D eigenvalue weighted by Gasteiger charge is 2.32. The molecular weight excluding hydrogens is 563 g/mol. The molecule has 0 spiro atoms. The van der Waals surface area contributed by atoms with E-state index in [2.05, 4.69) is 21.2 Å². The lowest BCUT2D eigenvalue weighted by Gasteiger charge is -2.33. The van der Waals surface area contributed by atoms with Gasteiger partial charge in [-0.3, -0.25) is 9.59 Å². The van der Waals surface area contributed by atoms with E-state index in [0.717, 1.165) is 41.3 Å². The molecule has 0 bridgehead atoms. The number of amides is 2. The smallest absolute Gasteiger partial charge is 0.243 e. The molecule has 0 unspecified atom stereocenters. The molecule has 1 aliphatic carbocycles. The third-order valence-corrected chi connectivity index (χ3v) is 8.36. The summed E-state index contributed by atoms with van der Waals surface area (Å²) in [5, 5.41) is 3.26. The van der Waals surface area contributed by atoms with Gasteiger partial charge in [-0.05, 0) is 47.7 Å². The molecule has 0 saturated heterocycles. The third kappa shape index (κ3) is 8.43. The van der Waals surface area contributed by atoms with E-state index in [-0.39, 0.29) is 29.4 Å². The van der Waals surface area contributed by atoms with Crippen molar-refractivity contribution in [1.82, 2.24) is 10.2 Å². The van der Waals surface area contributed by atoms with Crippen LogP contribution in [0.3, 0.4) is 0 Å². The first kappa shape index (κ1) is 28.4. The van der Waals surface area contributed by atoms with Crippen molar-refractivity contribution in [2.75, 3.05) is 5.75 Å². The van der Waals surface area contributed by atoms with Gasteiger partial charge in [0, 0.05) is 29.2 Å². The topological polar surface area (TPSA) is 49.4 Å². The lowest BCUT2D eigenvalue weighted by molar-refractivity contribution is -0.139. The number of hydrogen-bond acceptors (Lipinski definition) is 3. The summed E-state index contributed by atoms with van der Waals surface area (Å²) in [6.45, 7) is 0.314. The van der Waals surface area contributed by atoms with Crippen molar-refractivity contribution >= 4 is 39.5 Å². The molecule has 3 aromatic carbocycles. The maximum atomic E-state index is 14.1. The van der Waals surface area contributed by atoms with Crippen LogP contribution in [0.25, 0.3) is 0 Å². The Morgan fingerprint density at radius 3 is 2.39 bits per heavy atom. The molecule has 1 aliphatic rings. The first-order valence-electron chi connectivity index (χ1n) is 13.2. The van der Waals surface area contributed by atoms with Gasteiger partial charge in [-0.25, -0.2) is 4.39 Å². The molecule has 1 atom stereocenters. The summed E-state index contributed by atoms with van der Waals surface area (Å²) in [4.78, 5) is 29.3. The van der Waals surface area contributed by atoms with Crippen LogP contribution in [0.1, 0.15) is 48.8 Å². The van der Waals surface area contributed by atoms with Crippen molar-refractivity contribution in [2.24, 2.45) is 0 Å². The predicted octanol–water partition coefficient (Wildman–Crippen LogP) is 6.91. The first-order chi connectivity index (χ1) is 18.5. The van der Waals surface area contributed by atoms with Crippen LogP contribution < -0.4 is 5.32 Å². The van der Waals surface area contributed by atoms with Crippen molar-refractivity contribution in [3.05, 3.63) is 106 Å². The monoisotopic (exact) mass is 596 g/mol. The van der Waals surface area contributed by atoms with Crippen LogP contribution in [-0.2, 0) is 28.3 Å². The molecule has 3 aromatic rings. The summed E-state index contributed by atoms with van der Waals surface area (Å²) in [6, 6.07) is 23.8. The highest BCUT2D eigenvalue weighted by molar-refractivity contribution is 9.10. The Morgan fingerprint density at radius 2 is 1.66 bits per heavy atom.